The fraction of sp³-hybridized carbons (Fsp3) is 0.870. The van der Waals surface area contributed by atoms with Gasteiger partial charge in [0.15, 0.2) is 5.78 Å². The van der Waals surface area contributed by atoms with Crippen LogP contribution in [-0.2, 0) is 19.1 Å². The van der Waals surface area contributed by atoms with Gasteiger partial charge < -0.3 is 9.84 Å². The molecule has 4 saturated carbocycles. The molecule has 1 N–H and O–H groups in total. The maximum atomic E-state index is 13.5. The van der Waals surface area contributed by atoms with E-state index in [0.29, 0.717) is 30.0 Å². The smallest absolute Gasteiger partial charge is 0.303 e. The van der Waals surface area contributed by atoms with E-state index in [4.69, 9.17) is 4.74 Å². The minimum Gasteiger partial charge on any atom is -0.458 e. The number of carbonyl (C=O) groups is 3. The van der Waals surface area contributed by atoms with Gasteiger partial charge >= 0.3 is 5.97 Å². The molecule has 28 heavy (non-hydrogen) atoms. The highest BCUT2D eigenvalue weighted by Gasteiger charge is 2.64. The van der Waals surface area contributed by atoms with Crippen LogP contribution in [0, 0.1) is 40.4 Å². The standard InChI is InChI=1S/C23H34O5/c1-13(24)28-12-20(27)18-7-6-17-16-5-4-14-10-15(25)8-9-22(14,2)21(16)19(26)11-23(17,18)3/h14-18,21,25H,4-12H2,1-3H3/t14-,15+,16-,17-,18+,21+,22?,23?/m0/s1. The van der Waals surface area contributed by atoms with E-state index in [0.717, 1.165) is 44.9 Å². The Kier molecular flexibility index (Phi) is 4.96. The Morgan fingerprint density at radius 1 is 1.11 bits per heavy atom. The van der Waals surface area contributed by atoms with Gasteiger partial charge in [-0.2, -0.15) is 0 Å². The van der Waals surface area contributed by atoms with E-state index >= 15 is 0 Å². The van der Waals surface area contributed by atoms with Crippen molar-refractivity contribution in [3.63, 3.8) is 0 Å². The van der Waals surface area contributed by atoms with Crippen LogP contribution in [0.4, 0.5) is 0 Å². The van der Waals surface area contributed by atoms with E-state index in [-0.39, 0.29) is 41.2 Å². The van der Waals surface area contributed by atoms with Crippen LogP contribution in [0.3, 0.4) is 0 Å². The van der Waals surface area contributed by atoms with E-state index in [9.17, 15) is 19.5 Å². The van der Waals surface area contributed by atoms with Crippen LogP contribution in [0.1, 0.15) is 72.1 Å². The fourth-order valence-corrected chi connectivity index (χ4v) is 7.85. The first-order valence-corrected chi connectivity index (χ1v) is 11.0. The maximum absolute atomic E-state index is 13.5. The van der Waals surface area contributed by atoms with Gasteiger partial charge in [0, 0.05) is 25.2 Å². The molecule has 4 aliphatic carbocycles. The zero-order valence-corrected chi connectivity index (χ0v) is 17.4. The number of aliphatic hydroxyl groups excluding tert-OH is 1. The van der Waals surface area contributed by atoms with Gasteiger partial charge in [-0.05, 0) is 73.5 Å². The summed E-state index contributed by atoms with van der Waals surface area (Å²) in [4.78, 5) is 37.4. The van der Waals surface area contributed by atoms with E-state index in [1.54, 1.807) is 0 Å². The molecule has 0 saturated heterocycles. The topological polar surface area (TPSA) is 80.7 Å². The van der Waals surface area contributed by atoms with Gasteiger partial charge in [0.05, 0.1) is 6.10 Å². The van der Waals surface area contributed by atoms with Gasteiger partial charge in [-0.25, -0.2) is 0 Å². The molecule has 5 nitrogen and oxygen atoms in total. The quantitative estimate of drug-likeness (QED) is 0.748. The van der Waals surface area contributed by atoms with Crippen LogP contribution >= 0.6 is 0 Å². The second kappa shape index (κ2) is 6.93. The first-order chi connectivity index (χ1) is 13.2. The summed E-state index contributed by atoms with van der Waals surface area (Å²) in [6, 6.07) is 0. The monoisotopic (exact) mass is 390 g/mol. The van der Waals surface area contributed by atoms with Crippen LogP contribution < -0.4 is 0 Å². The van der Waals surface area contributed by atoms with Gasteiger partial charge in [0.2, 0.25) is 0 Å². The average Bonchev–Trinajstić information content (AvgIpc) is 2.96. The molecular formula is C23H34O5. The van der Waals surface area contributed by atoms with E-state index in [2.05, 4.69) is 13.8 Å². The van der Waals surface area contributed by atoms with Crippen molar-refractivity contribution in [2.45, 2.75) is 78.2 Å². The molecule has 4 rings (SSSR count). The molecule has 0 spiro atoms. The minimum absolute atomic E-state index is 0.000393. The van der Waals surface area contributed by atoms with Gasteiger partial charge in [0.1, 0.15) is 12.4 Å². The Morgan fingerprint density at radius 3 is 2.57 bits per heavy atom. The predicted octanol–water partition coefficient (Wildman–Crippen LogP) is 3.32. The lowest BCUT2D eigenvalue weighted by molar-refractivity contribution is -0.163. The number of Topliss-reactive ketones (excluding diaryl/α,β-unsaturated/α-hetero) is 2. The van der Waals surface area contributed by atoms with Crippen LogP contribution in [-0.4, -0.2) is 35.4 Å². The van der Waals surface area contributed by atoms with Crippen molar-refractivity contribution in [1.82, 2.24) is 0 Å². The normalized spacial score (nSPS) is 47.6. The molecule has 8 atom stereocenters. The predicted molar refractivity (Wildman–Crippen MR) is 103 cm³/mol. The molecule has 0 aromatic heterocycles. The minimum atomic E-state index is -0.432. The summed E-state index contributed by atoms with van der Waals surface area (Å²) >= 11 is 0. The first-order valence-electron chi connectivity index (χ1n) is 11.0. The zero-order chi connectivity index (χ0) is 20.3. The van der Waals surface area contributed by atoms with Crippen molar-refractivity contribution in [2.24, 2.45) is 40.4 Å². The lowest BCUT2D eigenvalue weighted by Gasteiger charge is -2.59. The number of esters is 1. The highest BCUT2D eigenvalue weighted by Crippen LogP contribution is 2.66. The third kappa shape index (κ3) is 2.96. The second-order valence-corrected chi connectivity index (χ2v) is 10.5. The number of rotatable bonds is 3. The Balaban J connectivity index is 1.58. The molecule has 4 aliphatic rings. The summed E-state index contributed by atoms with van der Waals surface area (Å²) in [6.45, 7) is 5.58. The molecule has 0 radical (unpaired) electrons. The molecular weight excluding hydrogens is 356 g/mol. The lowest BCUT2D eigenvalue weighted by Crippen LogP contribution is -2.58. The Bertz CT molecular complexity index is 686. The molecule has 0 heterocycles. The maximum Gasteiger partial charge on any atom is 0.303 e. The highest BCUT2D eigenvalue weighted by molar-refractivity contribution is 5.89. The number of hydrogen-bond acceptors (Lipinski definition) is 5. The van der Waals surface area contributed by atoms with Crippen molar-refractivity contribution in [2.75, 3.05) is 6.61 Å². The molecule has 0 aromatic carbocycles. The highest BCUT2D eigenvalue weighted by atomic mass is 16.5. The van der Waals surface area contributed by atoms with Crippen molar-refractivity contribution in [3.8, 4) is 0 Å². The van der Waals surface area contributed by atoms with Crippen LogP contribution in [0.25, 0.3) is 0 Å². The number of aliphatic hydroxyl groups is 1. The summed E-state index contributed by atoms with van der Waals surface area (Å²) < 4.78 is 4.97. The van der Waals surface area contributed by atoms with Gasteiger partial charge in [-0.15, -0.1) is 0 Å². The van der Waals surface area contributed by atoms with E-state index in [1.165, 1.54) is 6.92 Å². The average molecular weight is 391 g/mol. The van der Waals surface area contributed by atoms with Crippen molar-refractivity contribution < 1.29 is 24.2 Å². The van der Waals surface area contributed by atoms with Gasteiger partial charge in [-0.3, -0.25) is 14.4 Å². The summed E-state index contributed by atoms with van der Waals surface area (Å²) in [5, 5.41) is 10.1. The summed E-state index contributed by atoms with van der Waals surface area (Å²) in [6.07, 6.45) is 6.74. The summed E-state index contributed by atoms with van der Waals surface area (Å²) in [7, 11) is 0. The number of ketones is 2. The largest absolute Gasteiger partial charge is 0.458 e. The van der Waals surface area contributed by atoms with Crippen molar-refractivity contribution >= 4 is 17.5 Å². The molecule has 0 aromatic rings. The number of ether oxygens (including phenoxy) is 1. The van der Waals surface area contributed by atoms with Gasteiger partial charge in [0.25, 0.3) is 0 Å². The second-order valence-electron chi connectivity index (χ2n) is 10.5. The SMILES string of the molecule is CC(=O)OCC(=O)[C@H]1CC[C@H]2[C@@H]3CC[C@H]4C[C@H](O)CCC4(C)[C@H]3C(=O)CC12C. The van der Waals surface area contributed by atoms with Crippen LogP contribution in [0.15, 0.2) is 0 Å². The molecule has 2 unspecified atom stereocenters. The number of fused-ring (bicyclic) bond motifs is 5. The third-order valence-corrected chi connectivity index (χ3v) is 9.13. The summed E-state index contributed by atoms with van der Waals surface area (Å²) in [5.74, 6) is 0.971. The van der Waals surface area contributed by atoms with Crippen LogP contribution in [0.2, 0.25) is 0 Å². The fourth-order valence-electron chi connectivity index (χ4n) is 7.85. The third-order valence-electron chi connectivity index (χ3n) is 9.13. The molecule has 156 valence electrons. The van der Waals surface area contributed by atoms with E-state index < -0.39 is 5.97 Å². The van der Waals surface area contributed by atoms with Crippen molar-refractivity contribution in [3.05, 3.63) is 0 Å². The summed E-state index contributed by atoms with van der Waals surface area (Å²) in [5.41, 5.74) is -0.298. The Labute approximate surface area is 167 Å². The Hall–Kier alpha value is -1.23. The molecule has 0 aliphatic heterocycles. The number of hydrogen-bond donors (Lipinski definition) is 1. The molecule has 5 heteroatoms. The van der Waals surface area contributed by atoms with Crippen molar-refractivity contribution in [1.29, 1.82) is 0 Å². The van der Waals surface area contributed by atoms with Crippen LogP contribution in [0.5, 0.6) is 0 Å². The molecule has 0 bridgehead atoms. The first kappa shape index (κ1) is 20.1. The molecule has 0 amide bonds. The molecule has 4 fully saturated rings. The van der Waals surface area contributed by atoms with Gasteiger partial charge in [-0.1, -0.05) is 13.8 Å². The number of carbonyl (C=O) groups excluding carboxylic acids is 3. The Morgan fingerprint density at radius 2 is 1.86 bits per heavy atom. The zero-order valence-electron chi connectivity index (χ0n) is 17.4. The van der Waals surface area contributed by atoms with E-state index in [1.807, 2.05) is 0 Å². The lowest BCUT2D eigenvalue weighted by atomic mass is 9.44.